The van der Waals surface area contributed by atoms with E-state index in [1.807, 2.05) is 20.8 Å². The van der Waals surface area contributed by atoms with Gasteiger partial charge in [-0.15, -0.1) is 0 Å². The van der Waals surface area contributed by atoms with Crippen LogP contribution in [0.2, 0.25) is 0 Å². The quantitative estimate of drug-likeness (QED) is 0.725. The summed E-state index contributed by atoms with van der Waals surface area (Å²) in [6, 6.07) is 0. The summed E-state index contributed by atoms with van der Waals surface area (Å²) in [5, 5.41) is 3.25. The topological polar surface area (TPSA) is 61.4 Å². The molecule has 0 aromatic heterocycles. The number of rotatable bonds is 5. The molecule has 0 saturated carbocycles. The number of piperazine rings is 1. The molecule has 1 rings (SSSR count). The highest BCUT2D eigenvalue weighted by Crippen LogP contribution is 2.10. The van der Waals surface area contributed by atoms with Gasteiger partial charge >= 0.3 is 0 Å². The van der Waals surface area contributed by atoms with Gasteiger partial charge in [-0.05, 0) is 5.41 Å². The Hall–Kier alpha value is -0.170. The predicted octanol–water partition coefficient (Wildman–Crippen LogP) is -0.143. The fraction of sp³-hybridized carbons (Fsp3) is 1.00. The van der Waals surface area contributed by atoms with Crippen molar-refractivity contribution in [2.75, 3.05) is 45.0 Å². The molecule has 0 aliphatic carbocycles. The van der Waals surface area contributed by atoms with Crippen LogP contribution >= 0.6 is 0 Å². The van der Waals surface area contributed by atoms with Gasteiger partial charge in [-0.1, -0.05) is 20.8 Å². The molecule has 0 aromatic carbocycles. The summed E-state index contributed by atoms with van der Waals surface area (Å²) < 4.78 is 26.2. The average molecular weight is 263 g/mol. The van der Waals surface area contributed by atoms with Crippen LogP contribution in [0.15, 0.2) is 0 Å². The minimum atomic E-state index is -3.13. The molecular weight excluding hydrogens is 238 g/mol. The fourth-order valence-corrected chi connectivity index (χ4v) is 2.88. The second-order valence-electron chi connectivity index (χ2n) is 5.79. The lowest BCUT2D eigenvalue weighted by Crippen LogP contribution is -2.46. The number of nitrogens with zero attached hydrogens (tertiary/aromatic N) is 1. The van der Waals surface area contributed by atoms with E-state index >= 15 is 0 Å². The molecule has 0 amide bonds. The number of nitrogens with one attached hydrogen (secondary N) is 2. The highest BCUT2D eigenvalue weighted by atomic mass is 32.2. The van der Waals surface area contributed by atoms with E-state index < -0.39 is 10.0 Å². The molecule has 2 N–H and O–H groups in total. The van der Waals surface area contributed by atoms with Crippen LogP contribution in [0.25, 0.3) is 0 Å². The normalized spacial score (nSPS) is 19.5. The van der Waals surface area contributed by atoms with Crippen LogP contribution < -0.4 is 10.0 Å². The summed E-state index contributed by atoms with van der Waals surface area (Å²) in [6.07, 6.45) is 0. The fourth-order valence-electron chi connectivity index (χ4n) is 1.58. The zero-order valence-electron chi connectivity index (χ0n) is 11.1. The van der Waals surface area contributed by atoms with Gasteiger partial charge in [-0.3, -0.25) is 4.90 Å². The standard InChI is InChI=1S/C11H25N3O2S/c1-11(2,3)10-13-17(15,16)9-8-14-6-4-12-5-7-14/h12-13H,4-10H2,1-3H3. The van der Waals surface area contributed by atoms with Crippen molar-refractivity contribution in [1.29, 1.82) is 0 Å². The van der Waals surface area contributed by atoms with Gasteiger partial charge in [0.15, 0.2) is 0 Å². The Balaban J connectivity index is 2.28. The van der Waals surface area contributed by atoms with Crippen molar-refractivity contribution >= 4 is 10.0 Å². The monoisotopic (exact) mass is 263 g/mol. The Kier molecular flexibility index (Phi) is 5.37. The van der Waals surface area contributed by atoms with Crippen LogP contribution in [0.5, 0.6) is 0 Å². The average Bonchev–Trinajstić information content (AvgIpc) is 2.25. The Labute approximate surface area is 105 Å². The molecule has 1 fully saturated rings. The van der Waals surface area contributed by atoms with E-state index in [0.29, 0.717) is 13.1 Å². The molecule has 0 radical (unpaired) electrons. The maximum Gasteiger partial charge on any atom is 0.212 e. The zero-order valence-corrected chi connectivity index (χ0v) is 11.9. The van der Waals surface area contributed by atoms with Gasteiger partial charge in [0.1, 0.15) is 0 Å². The van der Waals surface area contributed by atoms with Crippen LogP contribution in [0.4, 0.5) is 0 Å². The van der Waals surface area contributed by atoms with Gasteiger partial charge in [0.05, 0.1) is 5.75 Å². The van der Waals surface area contributed by atoms with E-state index in [1.165, 1.54) is 0 Å². The van der Waals surface area contributed by atoms with Crippen molar-refractivity contribution < 1.29 is 8.42 Å². The van der Waals surface area contributed by atoms with E-state index in [9.17, 15) is 8.42 Å². The molecule has 6 heteroatoms. The van der Waals surface area contributed by atoms with Gasteiger partial charge in [0.25, 0.3) is 0 Å². The molecule has 0 unspecified atom stereocenters. The first-order chi connectivity index (χ1) is 7.79. The number of sulfonamides is 1. The molecule has 0 atom stereocenters. The van der Waals surface area contributed by atoms with Crippen LogP contribution in [0.1, 0.15) is 20.8 Å². The predicted molar refractivity (Wildman–Crippen MR) is 70.6 cm³/mol. The summed E-state index contributed by atoms with van der Waals surface area (Å²) >= 11 is 0. The third-order valence-corrected chi connectivity index (χ3v) is 4.01. The molecule has 0 bridgehead atoms. The molecule has 17 heavy (non-hydrogen) atoms. The molecule has 0 spiro atoms. The van der Waals surface area contributed by atoms with Gasteiger partial charge in [0, 0.05) is 39.3 Å². The SMILES string of the molecule is CC(C)(C)CNS(=O)(=O)CCN1CCNCC1. The Morgan fingerprint density at radius 1 is 1.24 bits per heavy atom. The van der Waals surface area contributed by atoms with Crippen molar-refractivity contribution in [2.45, 2.75) is 20.8 Å². The molecule has 1 heterocycles. The van der Waals surface area contributed by atoms with E-state index in [1.54, 1.807) is 0 Å². The highest BCUT2D eigenvalue weighted by Gasteiger charge is 2.18. The smallest absolute Gasteiger partial charge is 0.212 e. The Bertz CT molecular complexity index is 316. The van der Waals surface area contributed by atoms with Gasteiger partial charge < -0.3 is 5.32 Å². The number of hydrogen-bond donors (Lipinski definition) is 2. The van der Waals surface area contributed by atoms with Crippen molar-refractivity contribution in [3.63, 3.8) is 0 Å². The van der Waals surface area contributed by atoms with Crippen LogP contribution in [-0.2, 0) is 10.0 Å². The summed E-state index contributed by atoms with van der Waals surface area (Å²) in [5.74, 6) is 0.198. The van der Waals surface area contributed by atoms with Crippen molar-refractivity contribution in [2.24, 2.45) is 5.41 Å². The summed E-state index contributed by atoms with van der Waals surface area (Å²) in [7, 11) is -3.13. The van der Waals surface area contributed by atoms with E-state index in [0.717, 1.165) is 26.2 Å². The molecule has 102 valence electrons. The van der Waals surface area contributed by atoms with Crippen molar-refractivity contribution in [1.82, 2.24) is 14.9 Å². The zero-order chi connectivity index (χ0) is 12.9. The minimum absolute atomic E-state index is 0.0118. The van der Waals surface area contributed by atoms with Crippen LogP contribution in [0, 0.1) is 5.41 Å². The maximum absolute atomic E-state index is 11.8. The Morgan fingerprint density at radius 3 is 2.35 bits per heavy atom. The van der Waals surface area contributed by atoms with Gasteiger partial charge in [-0.25, -0.2) is 13.1 Å². The molecule has 1 aliphatic heterocycles. The first-order valence-corrected chi connectivity index (χ1v) is 7.84. The first kappa shape index (κ1) is 14.9. The van der Waals surface area contributed by atoms with E-state index in [2.05, 4.69) is 14.9 Å². The minimum Gasteiger partial charge on any atom is -0.314 e. The first-order valence-electron chi connectivity index (χ1n) is 6.19. The molecule has 0 aromatic rings. The molecule has 1 saturated heterocycles. The lowest BCUT2D eigenvalue weighted by molar-refractivity contribution is 0.253. The Morgan fingerprint density at radius 2 is 1.82 bits per heavy atom. The van der Waals surface area contributed by atoms with Crippen LogP contribution in [0.3, 0.4) is 0 Å². The third-order valence-electron chi connectivity index (χ3n) is 2.71. The largest absolute Gasteiger partial charge is 0.314 e. The summed E-state index contributed by atoms with van der Waals surface area (Å²) in [5.41, 5.74) is -0.0118. The molecule has 1 aliphatic rings. The molecule has 5 nitrogen and oxygen atoms in total. The second kappa shape index (κ2) is 6.13. The summed E-state index contributed by atoms with van der Waals surface area (Å²) in [6.45, 7) is 11.0. The number of hydrogen-bond acceptors (Lipinski definition) is 4. The third kappa shape index (κ3) is 6.98. The highest BCUT2D eigenvalue weighted by molar-refractivity contribution is 7.89. The van der Waals surface area contributed by atoms with Gasteiger partial charge in [-0.2, -0.15) is 0 Å². The van der Waals surface area contributed by atoms with Gasteiger partial charge in [0.2, 0.25) is 10.0 Å². The van der Waals surface area contributed by atoms with Crippen molar-refractivity contribution in [3.05, 3.63) is 0 Å². The second-order valence-corrected chi connectivity index (χ2v) is 7.72. The van der Waals surface area contributed by atoms with Crippen molar-refractivity contribution in [3.8, 4) is 0 Å². The summed E-state index contributed by atoms with van der Waals surface area (Å²) in [4.78, 5) is 2.19. The molecular formula is C11H25N3O2S. The van der Waals surface area contributed by atoms with E-state index in [4.69, 9.17) is 0 Å². The van der Waals surface area contributed by atoms with Crippen LogP contribution in [-0.4, -0.2) is 58.3 Å². The lowest BCUT2D eigenvalue weighted by Gasteiger charge is -2.27. The maximum atomic E-state index is 11.8. The van der Waals surface area contributed by atoms with E-state index in [-0.39, 0.29) is 11.2 Å². The lowest BCUT2D eigenvalue weighted by atomic mass is 9.98.